The summed E-state index contributed by atoms with van der Waals surface area (Å²) in [5, 5.41) is 10.1. The smallest absolute Gasteiger partial charge is 0.243 e. The van der Waals surface area contributed by atoms with Crippen LogP contribution in [0.3, 0.4) is 0 Å². The highest BCUT2D eigenvalue weighted by atomic mass is 32.2. The first-order valence-electron chi connectivity index (χ1n) is 7.28. The Morgan fingerprint density at radius 2 is 1.86 bits per heavy atom. The molecule has 0 heterocycles. The van der Waals surface area contributed by atoms with E-state index in [2.05, 4.69) is 0 Å². The van der Waals surface area contributed by atoms with E-state index in [0.717, 1.165) is 18.4 Å². The second-order valence-electron chi connectivity index (χ2n) is 5.90. The molecule has 0 spiro atoms. The molecule has 0 aliphatic heterocycles. The van der Waals surface area contributed by atoms with E-state index in [1.165, 1.54) is 10.4 Å². The Morgan fingerprint density at radius 1 is 1.24 bits per heavy atom. The average Bonchev–Trinajstić information content (AvgIpc) is 2.42. The van der Waals surface area contributed by atoms with E-state index >= 15 is 0 Å². The third-order valence-electron chi connectivity index (χ3n) is 4.46. The molecular weight excluding hydrogens is 288 g/mol. The molecule has 0 saturated heterocycles. The Labute approximate surface area is 126 Å². The maximum Gasteiger partial charge on any atom is 0.243 e. The van der Waals surface area contributed by atoms with Crippen molar-refractivity contribution in [3.63, 3.8) is 0 Å². The van der Waals surface area contributed by atoms with Gasteiger partial charge in [-0.2, -0.15) is 4.31 Å². The summed E-state index contributed by atoms with van der Waals surface area (Å²) in [5.74, 6) is 0. The lowest BCUT2D eigenvalue weighted by atomic mass is 9.93. The number of sulfonamides is 1. The molecule has 0 amide bonds. The fourth-order valence-corrected chi connectivity index (χ4v) is 4.72. The highest BCUT2D eigenvalue weighted by Gasteiger charge is 2.35. The van der Waals surface area contributed by atoms with E-state index in [9.17, 15) is 13.5 Å². The van der Waals surface area contributed by atoms with E-state index in [1.807, 2.05) is 6.92 Å². The van der Waals surface area contributed by atoms with Crippen LogP contribution in [0.2, 0.25) is 0 Å². The van der Waals surface area contributed by atoms with Gasteiger partial charge in [-0.05, 0) is 49.9 Å². The summed E-state index contributed by atoms with van der Waals surface area (Å²) < 4.78 is 27.0. The number of nitrogens with zero attached hydrogens (tertiary/aromatic N) is 1. The molecule has 1 aliphatic carbocycles. The van der Waals surface area contributed by atoms with E-state index in [1.54, 1.807) is 20.0 Å². The van der Waals surface area contributed by atoms with Gasteiger partial charge in [-0.3, -0.25) is 0 Å². The van der Waals surface area contributed by atoms with Crippen LogP contribution in [0.1, 0.15) is 36.8 Å². The van der Waals surface area contributed by atoms with Crippen molar-refractivity contribution in [2.75, 3.05) is 12.8 Å². The van der Waals surface area contributed by atoms with Gasteiger partial charge < -0.3 is 10.8 Å². The lowest BCUT2D eigenvalue weighted by Gasteiger charge is -2.34. The molecule has 5 nitrogen and oxygen atoms in total. The van der Waals surface area contributed by atoms with Crippen LogP contribution in [0, 0.1) is 13.8 Å². The first-order valence-corrected chi connectivity index (χ1v) is 8.72. The highest BCUT2D eigenvalue weighted by molar-refractivity contribution is 7.89. The van der Waals surface area contributed by atoms with Crippen LogP contribution in [0.4, 0.5) is 5.69 Å². The lowest BCUT2D eigenvalue weighted by molar-refractivity contribution is 0.0638. The summed E-state index contributed by atoms with van der Waals surface area (Å²) in [6.45, 7) is 3.63. The molecule has 1 fully saturated rings. The zero-order chi connectivity index (χ0) is 15.8. The number of rotatable bonds is 3. The predicted octanol–water partition coefficient (Wildman–Crippen LogP) is 1.81. The maximum absolute atomic E-state index is 12.9. The van der Waals surface area contributed by atoms with Gasteiger partial charge in [0.25, 0.3) is 0 Å². The van der Waals surface area contributed by atoms with Crippen molar-refractivity contribution in [3.8, 4) is 0 Å². The molecular formula is C15H24N2O3S. The summed E-state index contributed by atoms with van der Waals surface area (Å²) in [7, 11) is -2.11. The molecule has 3 N–H and O–H groups in total. The number of nitrogens with two attached hydrogens (primary N) is 1. The first kappa shape index (κ1) is 16.3. The van der Waals surface area contributed by atoms with Crippen molar-refractivity contribution in [2.24, 2.45) is 0 Å². The Morgan fingerprint density at radius 3 is 2.48 bits per heavy atom. The van der Waals surface area contributed by atoms with Crippen molar-refractivity contribution in [3.05, 3.63) is 23.3 Å². The molecule has 0 bridgehead atoms. The number of aliphatic hydroxyl groups is 1. The van der Waals surface area contributed by atoms with Gasteiger partial charge in [0.15, 0.2) is 0 Å². The van der Waals surface area contributed by atoms with E-state index in [4.69, 9.17) is 5.73 Å². The zero-order valence-electron chi connectivity index (χ0n) is 12.8. The highest BCUT2D eigenvalue weighted by Crippen LogP contribution is 2.30. The van der Waals surface area contributed by atoms with Gasteiger partial charge in [-0.1, -0.05) is 12.8 Å². The van der Waals surface area contributed by atoms with E-state index in [0.29, 0.717) is 24.1 Å². The molecule has 0 radical (unpaired) electrons. The van der Waals surface area contributed by atoms with Crippen molar-refractivity contribution < 1.29 is 13.5 Å². The summed E-state index contributed by atoms with van der Waals surface area (Å²) >= 11 is 0. The quantitative estimate of drug-likeness (QED) is 0.834. The number of anilines is 1. The number of nitrogen functional groups attached to an aromatic ring is 1. The normalized spacial score (nSPS) is 23.5. The van der Waals surface area contributed by atoms with Gasteiger partial charge in [-0.15, -0.1) is 0 Å². The summed E-state index contributed by atoms with van der Waals surface area (Å²) in [6.07, 6.45) is 2.64. The van der Waals surface area contributed by atoms with Crippen LogP contribution in [0.5, 0.6) is 0 Å². The van der Waals surface area contributed by atoms with Gasteiger partial charge >= 0.3 is 0 Å². The predicted molar refractivity (Wildman–Crippen MR) is 83.5 cm³/mol. The Bertz CT molecular complexity index is 628. The minimum atomic E-state index is -3.65. The summed E-state index contributed by atoms with van der Waals surface area (Å²) in [4.78, 5) is 0.236. The fourth-order valence-electron chi connectivity index (χ4n) is 2.97. The second-order valence-corrected chi connectivity index (χ2v) is 7.87. The van der Waals surface area contributed by atoms with Crippen molar-refractivity contribution >= 4 is 15.7 Å². The largest absolute Gasteiger partial charge is 0.399 e. The molecule has 118 valence electrons. The number of benzene rings is 1. The van der Waals surface area contributed by atoms with Crippen molar-refractivity contribution in [2.45, 2.75) is 56.6 Å². The molecule has 6 heteroatoms. The zero-order valence-corrected chi connectivity index (χ0v) is 13.7. The van der Waals surface area contributed by atoms with Crippen molar-refractivity contribution in [1.29, 1.82) is 0 Å². The minimum Gasteiger partial charge on any atom is -0.399 e. The SMILES string of the molecule is Cc1cc(N)cc(S(=O)(=O)N(C)C2CCCCC2O)c1C. The molecule has 1 aromatic carbocycles. The van der Waals surface area contributed by atoms with Crippen LogP contribution in [-0.2, 0) is 10.0 Å². The van der Waals surface area contributed by atoms with E-state index in [-0.39, 0.29) is 10.9 Å². The topological polar surface area (TPSA) is 83.6 Å². The molecule has 1 saturated carbocycles. The monoisotopic (exact) mass is 312 g/mol. The Hall–Kier alpha value is -1.11. The maximum atomic E-state index is 12.9. The van der Waals surface area contributed by atoms with Gasteiger partial charge in [0, 0.05) is 12.7 Å². The number of aliphatic hydroxyl groups excluding tert-OH is 1. The third-order valence-corrected chi connectivity index (χ3v) is 6.47. The summed E-state index contributed by atoms with van der Waals surface area (Å²) in [5.41, 5.74) is 7.80. The molecule has 1 aromatic rings. The number of hydrogen-bond donors (Lipinski definition) is 2. The average molecular weight is 312 g/mol. The first-order chi connectivity index (χ1) is 9.75. The van der Waals surface area contributed by atoms with Gasteiger partial charge in [-0.25, -0.2) is 8.42 Å². The van der Waals surface area contributed by atoms with Gasteiger partial charge in [0.2, 0.25) is 10.0 Å². The number of aryl methyl sites for hydroxylation is 1. The molecule has 2 rings (SSSR count). The number of hydrogen-bond acceptors (Lipinski definition) is 4. The van der Waals surface area contributed by atoms with Crippen LogP contribution in [0.25, 0.3) is 0 Å². The van der Waals surface area contributed by atoms with Gasteiger partial charge in [0.1, 0.15) is 0 Å². The molecule has 2 atom stereocenters. The minimum absolute atomic E-state index is 0.236. The van der Waals surface area contributed by atoms with Crippen molar-refractivity contribution in [1.82, 2.24) is 4.31 Å². The second kappa shape index (κ2) is 5.94. The van der Waals surface area contributed by atoms with Crippen LogP contribution in [0.15, 0.2) is 17.0 Å². The van der Waals surface area contributed by atoms with E-state index < -0.39 is 16.1 Å². The van der Waals surface area contributed by atoms with Crippen LogP contribution < -0.4 is 5.73 Å². The molecule has 0 aromatic heterocycles. The van der Waals surface area contributed by atoms with Gasteiger partial charge in [0.05, 0.1) is 17.0 Å². The third kappa shape index (κ3) is 3.07. The lowest BCUT2D eigenvalue weighted by Crippen LogP contribution is -2.46. The molecule has 1 aliphatic rings. The Balaban J connectivity index is 2.42. The fraction of sp³-hybridized carbons (Fsp3) is 0.600. The molecule has 2 unspecified atom stereocenters. The standard InChI is InChI=1S/C15H24N2O3S/c1-10-8-12(16)9-15(11(10)2)21(19,20)17(3)13-6-4-5-7-14(13)18/h8-9,13-14,18H,4-7,16H2,1-3H3. The Kier molecular flexibility index (Phi) is 4.60. The number of likely N-dealkylation sites (N-methyl/N-ethyl adjacent to an activating group) is 1. The van der Waals surface area contributed by atoms with Crippen LogP contribution in [-0.4, -0.2) is 37.0 Å². The van der Waals surface area contributed by atoms with Crippen LogP contribution >= 0.6 is 0 Å². The molecule has 21 heavy (non-hydrogen) atoms. The summed E-state index contributed by atoms with van der Waals surface area (Å²) in [6, 6.07) is 2.91.